The van der Waals surface area contributed by atoms with Gasteiger partial charge in [0.05, 0.1) is 24.9 Å². The van der Waals surface area contributed by atoms with Crippen molar-refractivity contribution in [2.75, 3.05) is 19.7 Å². The number of piperidine rings is 1. The summed E-state index contributed by atoms with van der Waals surface area (Å²) in [5, 5.41) is 4.15. The van der Waals surface area contributed by atoms with Crippen molar-refractivity contribution in [2.45, 2.75) is 37.6 Å². The Kier molecular flexibility index (Phi) is 4.08. The summed E-state index contributed by atoms with van der Waals surface area (Å²) >= 11 is 6.13. The fraction of sp³-hybridized carbons (Fsp3) is 0.600. The van der Waals surface area contributed by atoms with E-state index < -0.39 is 0 Å². The second-order valence-electron chi connectivity index (χ2n) is 5.47. The van der Waals surface area contributed by atoms with Crippen LogP contribution in [0.15, 0.2) is 24.3 Å². The van der Waals surface area contributed by atoms with Gasteiger partial charge in [0.15, 0.2) is 0 Å². The Bertz CT molecular complexity index is 432. The summed E-state index contributed by atoms with van der Waals surface area (Å²) in [7, 11) is 0. The lowest BCUT2D eigenvalue weighted by Gasteiger charge is -2.32. The molecule has 3 rings (SSSR count). The maximum absolute atomic E-state index is 6.13. The van der Waals surface area contributed by atoms with E-state index in [9.17, 15) is 0 Å². The number of nitrogens with one attached hydrogen (secondary N) is 1. The van der Waals surface area contributed by atoms with Gasteiger partial charge in [0.1, 0.15) is 0 Å². The molecule has 0 aromatic heterocycles. The van der Waals surface area contributed by atoms with Gasteiger partial charge < -0.3 is 14.8 Å². The Hall–Kier alpha value is -0.610. The van der Waals surface area contributed by atoms with Gasteiger partial charge in [-0.1, -0.05) is 29.8 Å². The van der Waals surface area contributed by atoms with E-state index in [-0.39, 0.29) is 11.7 Å². The fourth-order valence-corrected chi connectivity index (χ4v) is 3.15. The summed E-state index contributed by atoms with van der Waals surface area (Å²) < 4.78 is 12.0. The first-order valence-corrected chi connectivity index (χ1v) is 7.35. The van der Waals surface area contributed by atoms with Crippen molar-refractivity contribution in [1.29, 1.82) is 0 Å². The lowest BCUT2D eigenvalue weighted by Crippen LogP contribution is -2.41. The van der Waals surface area contributed by atoms with Crippen LogP contribution in [0, 0.1) is 0 Å². The highest BCUT2D eigenvalue weighted by Crippen LogP contribution is 2.35. The maximum Gasteiger partial charge on any atom is 0.0840 e. The third-order valence-electron chi connectivity index (χ3n) is 4.12. The highest BCUT2D eigenvalue weighted by atomic mass is 35.5. The quantitative estimate of drug-likeness (QED) is 0.924. The van der Waals surface area contributed by atoms with Crippen LogP contribution in [-0.2, 0) is 16.1 Å². The lowest BCUT2D eigenvalue weighted by atomic mass is 9.89. The minimum atomic E-state index is 0.0659. The van der Waals surface area contributed by atoms with Crippen molar-refractivity contribution in [1.82, 2.24) is 5.32 Å². The Balaban J connectivity index is 1.53. The Labute approximate surface area is 119 Å². The summed E-state index contributed by atoms with van der Waals surface area (Å²) in [6.07, 6.45) is 3.41. The molecule has 1 aromatic rings. The molecule has 2 saturated heterocycles. The summed E-state index contributed by atoms with van der Waals surface area (Å²) in [5.74, 6) is 0. The number of hydrogen-bond donors (Lipinski definition) is 1. The van der Waals surface area contributed by atoms with Crippen LogP contribution in [0.25, 0.3) is 0 Å². The minimum Gasteiger partial charge on any atom is -0.372 e. The van der Waals surface area contributed by atoms with E-state index in [1.807, 2.05) is 24.3 Å². The molecule has 1 aromatic carbocycles. The third-order valence-corrected chi connectivity index (χ3v) is 4.49. The molecule has 0 bridgehead atoms. The molecule has 3 nitrogen and oxygen atoms in total. The van der Waals surface area contributed by atoms with Gasteiger partial charge in [-0.2, -0.15) is 0 Å². The van der Waals surface area contributed by atoms with Crippen LogP contribution in [0.5, 0.6) is 0 Å². The zero-order chi connectivity index (χ0) is 13.1. The average Bonchev–Trinajstić information content (AvgIpc) is 2.82. The largest absolute Gasteiger partial charge is 0.372 e. The predicted molar refractivity (Wildman–Crippen MR) is 75.4 cm³/mol. The number of rotatable bonds is 3. The summed E-state index contributed by atoms with van der Waals surface area (Å²) in [6.45, 7) is 3.39. The molecular weight excluding hydrogens is 262 g/mol. The highest BCUT2D eigenvalue weighted by Gasteiger charge is 2.41. The predicted octanol–water partition coefficient (Wildman–Crippen LogP) is 2.77. The molecule has 0 radical (unpaired) electrons. The Morgan fingerprint density at radius 3 is 2.89 bits per heavy atom. The molecule has 0 aliphatic carbocycles. The average molecular weight is 282 g/mol. The summed E-state index contributed by atoms with van der Waals surface area (Å²) in [5.41, 5.74) is 1.12. The van der Waals surface area contributed by atoms with Crippen molar-refractivity contribution in [2.24, 2.45) is 0 Å². The molecule has 4 heteroatoms. The molecule has 104 valence electrons. The van der Waals surface area contributed by atoms with E-state index in [0.717, 1.165) is 42.9 Å². The van der Waals surface area contributed by atoms with Gasteiger partial charge in [-0.25, -0.2) is 0 Å². The number of ether oxygens (including phenoxy) is 2. The molecule has 1 spiro atoms. The molecule has 1 unspecified atom stereocenters. The van der Waals surface area contributed by atoms with Crippen molar-refractivity contribution in [3.8, 4) is 0 Å². The Morgan fingerprint density at radius 2 is 2.11 bits per heavy atom. The molecule has 2 heterocycles. The number of benzene rings is 1. The molecule has 19 heavy (non-hydrogen) atoms. The van der Waals surface area contributed by atoms with Crippen LogP contribution >= 0.6 is 11.6 Å². The standard InChI is InChI=1S/C15H20ClNO2/c16-14-4-2-1-3-12(14)10-18-13-9-15(19-11-13)5-7-17-8-6-15/h1-4,13,17H,5-11H2. The van der Waals surface area contributed by atoms with Gasteiger partial charge in [0.25, 0.3) is 0 Å². The molecular formula is C15H20ClNO2. The van der Waals surface area contributed by atoms with Crippen LogP contribution in [0.1, 0.15) is 24.8 Å². The summed E-state index contributed by atoms with van der Waals surface area (Å²) in [4.78, 5) is 0. The van der Waals surface area contributed by atoms with E-state index >= 15 is 0 Å². The molecule has 2 aliphatic rings. The zero-order valence-electron chi connectivity index (χ0n) is 11.0. The van der Waals surface area contributed by atoms with Gasteiger partial charge in [-0.15, -0.1) is 0 Å². The van der Waals surface area contributed by atoms with Gasteiger partial charge >= 0.3 is 0 Å². The van der Waals surface area contributed by atoms with Gasteiger partial charge in [-0.05, 0) is 37.6 Å². The molecule has 0 amide bonds. The topological polar surface area (TPSA) is 30.5 Å². The first-order chi connectivity index (χ1) is 9.27. The van der Waals surface area contributed by atoms with Crippen LogP contribution in [0.3, 0.4) is 0 Å². The normalized spacial score (nSPS) is 25.8. The van der Waals surface area contributed by atoms with Crippen molar-refractivity contribution >= 4 is 11.6 Å². The molecule has 1 atom stereocenters. The van der Waals surface area contributed by atoms with E-state index in [0.29, 0.717) is 13.2 Å². The van der Waals surface area contributed by atoms with Crippen LogP contribution in [0.4, 0.5) is 0 Å². The maximum atomic E-state index is 6.13. The fourth-order valence-electron chi connectivity index (χ4n) is 2.96. The zero-order valence-corrected chi connectivity index (χ0v) is 11.8. The number of halogens is 1. The van der Waals surface area contributed by atoms with Gasteiger partial charge in [0.2, 0.25) is 0 Å². The highest BCUT2D eigenvalue weighted by molar-refractivity contribution is 6.31. The molecule has 2 fully saturated rings. The van der Waals surface area contributed by atoms with E-state index in [2.05, 4.69) is 5.32 Å². The first kappa shape index (κ1) is 13.4. The number of hydrogen-bond acceptors (Lipinski definition) is 3. The van der Waals surface area contributed by atoms with Crippen LogP contribution in [0.2, 0.25) is 5.02 Å². The van der Waals surface area contributed by atoms with Crippen molar-refractivity contribution < 1.29 is 9.47 Å². The Morgan fingerprint density at radius 1 is 1.32 bits per heavy atom. The smallest absolute Gasteiger partial charge is 0.0840 e. The first-order valence-electron chi connectivity index (χ1n) is 6.97. The second-order valence-corrected chi connectivity index (χ2v) is 5.88. The minimum absolute atomic E-state index is 0.0659. The van der Waals surface area contributed by atoms with Crippen molar-refractivity contribution in [3.63, 3.8) is 0 Å². The lowest BCUT2D eigenvalue weighted by molar-refractivity contribution is -0.0240. The molecule has 1 N–H and O–H groups in total. The third kappa shape index (κ3) is 3.11. The molecule has 2 aliphatic heterocycles. The molecule has 0 saturated carbocycles. The van der Waals surface area contributed by atoms with E-state index in [1.54, 1.807) is 0 Å². The summed E-state index contributed by atoms with van der Waals surface area (Å²) in [6, 6.07) is 7.84. The SMILES string of the molecule is Clc1ccccc1COC1COC2(CCNCC2)C1. The second kappa shape index (κ2) is 5.80. The van der Waals surface area contributed by atoms with E-state index in [1.165, 1.54) is 0 Å². The van der Waals surface area contributed by atoms with Crippen LogP contribution in [-0.4, -0.2) is 31.4 Å². The van der Waals surface area contributed by atoms with Gasteiger partial charge in [-0.3, -0.25) is 0 Å². The van der Waals surface area contributed by atoms with E-state index in [4.69, 9.17) is 21.1 Å². The van der Waals surface area contributed by atoms with Crippen LogP contribution < -0.4 is 5.32 Å². The van der Waals surface area contributed by atoms with Crippen molar-refractivity contribution in [3.05, 3.63) is 34.9 Å². The van der Waals surface area contributed by atoms with Gasteiger partial charge in [0, 0.05) is 11.4 Å². The monoisotopic (exact) mass is 281 g/mol.